The molecule has 0 atom stereocenters. The van der Waals surface area contributed by atoms with E-state index in [1.807, 2.05) is 6.07 Å². The first-order valence-corrected chi connectivity index (χ1v) is 5.92. The molecule has 0 N–H and O–H groups in total. The average molecular weight is 256 g/mol. The maximum Gasteiger partial charge on any atom is 0.123 e. The Morgan fingerprint density at radius 2 is 1.53 bits per heavy atom. The lowest BCUT2D eigenvalue weighted by molar-refractivity contribution is 0.621. The standard InChI is InChI=1S/C16H12F2N/c17-14-6-1-4-12(10-14)16(8-3-9-19)13-5-2-7-15(18)11-13/h1-2,4-8,10-11,16H,3H2. The van der Waals surface area contributed by atoms with E-state index >= 15 is 0 Å². The highest BCUT2D eigenvalue weighted by Crippen LogP contribution is 2.29. The molecule has 0 fully saturated rings. The quantitative estimate of drug-likeness (QED) is 0.803. The van der Waals surface area contributed by atoms with Crippen LogP contribution in [0.2, 0.25) is 0 Å². The summed E-state index contributed by atoms with van der Waals surface area (Å²) in [5, 5.41) is 8.69. The van der Waals surface area contributed by atoms with Gasteiger partial charge in [0.05, 0.1) is 6.07 Å². The van der Waals surface area contributed by atoms with Crippen molar-refractivity contribution >= 4 is 0 Å². The molecule has 0 spiro atoms. The predicted octanol–water partition coefficient (Wildman–Crippen LogP) is 4.21. The maximum atomic E-state index is 13.3. The van der Waals surface area contributed by atoms with E-state index < -0.39 is 0 Å². The summed E-state index contributed by atoms with van der Waals surface area (Å²) >= 11 is 0. The Morgan fingerprint density at radius 3 is 1.95 bits per heavy atom. The van der Waals surface area contributed by atoms with Gasteiger partial charge in [-0.1, -0.05) is 24.3 Å². The molecule has 3 heteroatoms. The first-order chi connectivity index (χ1) is 9.20. The Balaban J connectivity index is 2.38. The zero-order valence-electron chi connectivity index (χ0n) is 10.2. The summed E-state index contributed by atoms with van der Waals surface area (Å²) in [5.74, 6) is -0.973. The van der Waals surface area contributed by atoms with Crippen molar-refractivity contribution in [2.24, 2.45) is 0 Å². The lowest BCUT2D eigenvalue weighted by atomic mass is 9.87. The number of rotatable bonds is 4. The van der Waals surface area contributed by atoms with Crippen LogP contribution in [0, 0.1) is 29.4 Å². The van der Waals surface area contributed by atoms with E-state index in [0.29, 0.717) is 11.1 Å². The Hall–Kier alpha value is -2.21. The molecule has 0 unspecified atom stereocenters. The lowest BCUT2D eigenvalue weighted by Crippen LogP contribution is -2.03. The minimum atomic E-state index is -0.343. The van der Waals surface area contributed by atoms with Crippen molar-refractivity contribution < 1.29 is 8.78 Å². The molecule has 19 heavy (non-hydrogen) atoms. The van der Waals surface area contributed by atoms with Crippen molar-refractivity contribution in [2.75, 3.05) is 0 Å². The van der Waals surface area contributed by atoms with Crippen LogP contribution in [0.5, 0.6) is 0 Å². The summed E-state index contributed by atoms with van der Waals surface area (Å²) < 4.78 is 26.6. The van der Waals surface area contributed by atoms with Crippen molar-refractivity contribution in [3.63, 3.8) is 0 Å². The third-order valence-corrected chi connectivity index (χ3v) is 2.86. The van der Waals surface area contributed by atoms with Crippen molar-refractivity contribution in [1.82, 2.24) is 0 Å². The summed E-state index contributed by atoms with van der Waals surface area (Å²) in [6.45, 7) is 0. The van der Waals surface area contributed by atoms with Crippen molar-refractivity contribution in [3.8, 4) is 6.07 Å². The van der Waals surface area contributed by atoms with Crippen LogP contribution < -0.4 is 0 Å². The van der Waals surface area contributed by atoms with Gasteiger partial charge in [-0.15, -0.1) is 0 Å². The van der Waals surface area contributed by atoms with E-state index in [9.17, 15) is 8.78 Å². The molecule has 95 valence electrons. The fourth-order valence-electron chi connectivity index (χ4n) is 2.04. The van der Waals surface area contributed by atoms with Gasteiger partial charge in [0.25, 0.3) is 0 Å². The molecule has 1 nitrogen and oxygen atoms in total. The Morgan fingerprint density at radius 1 is 1.00 bits per heavy atom. The molecule has 0 saturated carbocycles. The van der Waals surface area contributed by atoms with E-state index in [2.05, 4.69) is 0 Å². The second-order valence-corrected chi connectivity index (χ2v) is 4.19. The highest BCUT2D eigenvalue weighted by molar-refractivity contribution is 5.36. The van der Waals surface area contributed by atoms with Gasteiger partial charge in [0, 0.05) is 12.3 Å². The summed E-state index contributed by atoms with van der Waals surface area (Å²) in [7, 11) is 0. The zero-order chi connectivity index (χ0) is 13.7. The van der Waals surface area contributed by atoms with E-state index in [4.69, 9.17) is 5.26 Å². The van der Waals surface area contributed by atoms with Crippen LogP contribution in [0.3, 0.4) is 0 Å². The monoisotopic (exact) mass is 256 g/mol. The fraction of sp³-hybridized carbons (Fsp3) is 0.125. The van der Waals surface area contributed by atoms with E-state index in [0.717, 1.165) is 0 Å². The third kappa shape index (κ3) is 3.38. The molecule has 0 aromatic heterocycles. The van der Waals surface area contributed by atoms with Crippen LogP contribution in [0.25, 0.3) is 0 Å². The topological polar surface area (TPSA) is 23.8 Å². The number of halogens is 2. The van der Waals surface area contributed by atoms with Gasteiger partial charge in [0.1, 0.15) is 11.6 Å². The van der Waals surface area contributed by atoms with Gasteiger partial charge >= 0.3 is 0 Å². The molecule has 0 saturated heterocycles. The van der Waals surface area contributed by atoms with Crippen LogP contribution in [0.15, 0.2) is 48.5 Å². The second-order valence-electron chi connectivity index (χ2n) is 4.19. The lowest BCUT2D eigenvalue weighted by Gasteiger charge is -2.16. The number of hydrogen-bond acceptors (Lipinski definition) is 1. The van der Waals surface area contributed by atoms with Gasteiger partial charge in [-0.25, -0.2) is 8.78 Å². The van der Waals surface area contributed by atoms with Crippen molar-refractivity contribution in [2.45, 2.75) is 12.3 Å². The smallest absolute Gasteiger partial charge is 0.123 e. The van der Waals surface area contributed by atoms with Gasteiger partial charge in [-0.3, -0.25) is 0 Å². The highest BCUT2D eigenvalue weighted by Gasteiger charge is 2.15. The molecular weight excluding hydrogens is 244 g/mol. The van der Waals surface area contributed by atoms with Gasteiger partial charge in [0.15, 0.2) is 0 Å². The van der Waals surface area contributed by atoms with Crippen LogP contribution in [0.1, 0.15) is 23.5 Å². The first-order valence-electron chi connectivity index (χ1n) is 5.92. The van der Waals surface area contributed by atoms with Crippen LogP contribution in [-0.2, 0) is 0 Å². The minimum Gasteiger partial charge on any atom is -0.207 e. The second kappa shape index (κ2) is 6.10. The van der Waals surface area contributed by atoms with Crippen LogP contribution >= 0.6 is 0 Å². The number of benzene rings is 2. The largest absolute Gasteiger partial charge is 0.207 e. The zero-order valence-corrected chi connectivity index (χ0v) is 10.2. The van der Waals surface area contributed by atoms with Crippen molar-refractivity contribution in [1.29, 1.82) is 5.26 Å². The Bertz CT molecular complexity index is 556. The van der Waals surface area contributed by atoms with Gasteiger partial charge in [-0.2, -0.15) is 5.26 Å². The summed E-state index contributed by atoms with van der Waals surface area (Å²) in [4.78, 5) is 0. The normalized spacial score (nSPS) is 10.4. The SMILES string of the molecule is N#CC[CH]C(c1cccc(F)c1)c1cccc(F)c1. The molecule has 0 aliphatic rings. The van der Waals surface area contributed by atoms with E-state index in [-0.39, 0.29) is 24.0 Å². The molecule has 2 aromatic carbocycles. The van der Waals surface area contributed by atoms with E-state index in [1.165, 1.54) is 24.3 Å². The summed E-state index contributed by atoms with van der Waals surface area (Å²) in [5.41, 5.74) is 1.42. The van der Waals surface area contributed by atoms with Gasteiger partial charge in [-0.05, 0) is 41.8 Å². The molecule has 0 bridgehead atoms. The van der Waals surface area contributed by atoms with Crippen LogP contribution in [0.4, 0.5) is 8.78 Å². The number of nitriles is 1. The Kier molecular flexibility index (Phi) is 4.25. The van der Waals surface area contributed by atoms with Crippen LogP contribution in [-0.4, -0.2) is 0 Å². The van der Waals surface area contributed by atoms with Gasteiger partial charge in [0.2, 0.25) is 0 Å². The minimum absolute atomic E-state index is 0.220. The molecule has 1 radical (unpaired) electrons. The van der Waals surface area contributed by atoms with Gasteiger partial charge < -0.3 is 0 Å². The summed E-state index contributed by atoms with van der Waals surface area (Å²) in [6, 6.07) is 14.3. The highest BCUT2D eigenvalue weighted by atomic mass is 19.1. The number of nitrogens with zero attached hydrogens (tertiary/aromatic N) is 1. The molecule has 0 aliphatic heterocycles. The summed E-state index contributed by atoms with van der Waals surface area (Å²) in [6.07, 6.45) is 1.97. The fourth-order valence-corrected chi connectivity index (χ4v) is 2.04. The molecule has 0 aliphatic carbocycles. The molecule has 2 rings (SSSR count). The predicted molar refractivity (Wildman–Crippen MR) is 69.2 cm³/mol. The third-order valence-electron chi connectivity index (χ3n) is 2.86. The first kappa shape index (κ1) is 13.2. The molecule has 2 aromatic rings. The molecule has 0 heterocycles. The molecule has 0 amide bonds. The Labute approximate surface area is 111 Å². The number of hydrogen-bond donors (Lipinski definition) is 0. The van der Waals surface area contributed by atoms with E-state index in [1.54, 1.807) is 30.7 Å². The van der Waals surface area contributed by atoms with Crippen molar-refractivity contribution in [3.05, 3.63) is 77.7 Å². The average Bonchev–Trinajstić information content (AvgIpc) is 2.39. The maximum absolute atomic E-state index is 13.3. The molecular formula is C16H12F2N.